The number of halogens is 1. The lowest BCUT2D eigenvalue weighted by Gasteiger charge is -2.10. The summed E-state index contributed by atoms with van der Waals surface area (Å²) in [5, 5.41) is 0. The molecule has 1 aliphatic heterocycles. The molecular formula is C9H20FN. The van der Waals surface area contributed by atoms with Gasteiger partial charge in [0.2, 0.25) is 0 Å². The fourth-order valence-corrected chi connectivity index (χ4v) is 1.20. The molecule has 0 saturated carbocycles. The van der Waals surface area contributed by atoms with E-state index in [1.54, 1.807) is 0 Å². The average Bonchev–Trinajstić information content (AvgIpc) is 2.20. The van der Waals surface area contributed by atoms with Gasteiger partial charge in [-0.3, -0.25) is 0 Å². The number of alkyl halides is 1. The quantitative estimate of drug-likeness (QED) is 0.527. The first kappa shape index (κ1) is 10.9. The second kappa shape index (κ2) is 6.59. The molecule has 1 unspecified atom stereocenters. The molecule has 0 amide bonds. The van der Waals surface area contributed by atoms with Crippen LogP contribution >= 0.6 is 0 Å². The van der Waals surface area contributed by atoms with Gasteiger partial charge in [-0.1, -0.05) is 13.8 Å². The Morgan fingerprint density at radius 1 is 1.18 bits per heavy atom. The maximum Gasteiger partial charge on any atom is 0.101 e. The summed E-state index contributed by atoms with van der Waals surface area (Å²) in [5.41, 5.74) is 0. The molecule has 0 aromatic heterocycles. The van der Waals surface area contributed by atoms with Crippen molar-refractivity contribution < 1.29 is 4.39 Å². The van der Waals surface area contributed by atoms with E-state index in [0.29, 0.717) is 0 Å². The van der Waals surface area contributed by atoms with Gasteiger partial charge in [-0.2, -0.15) is 0 Å². The van der Waals surface area contributed by atoms with Crippen molar-refractivity contribution in [3.05, 3.63) is 0 Å². The first-order chi connectivity index (χ1) is 5.29. The molecule has 1 nitrogen and oxygen atoms in total. The van der Waals surface area contributed by atoms with Crippen LogP contribution in [0.25, 0.3) is 0 Å². The molecule has 0 aliphatic carbocycles. The number of hydrogen-bond donors (Lipinski definition) is 0. The second-order valence-corrected chi connectivity index (χ2v) is 2.83. The van der Waals surface area contributed by atoms with Gasteiger partial charge in [0.05, 0.1) is 0 Å². The lowest BCUT2D eigenvalue weighted by Crippen LogP contribution is -2.18. The Morgan fingerprint density at radius 2 is 1.82 bits per heavy atom. The molecule has 68 valence electrons. The third-order valence-corrected chi connectivity index (χ3v) is 1.88. The van der Waals surface area contributed by atoms with Crippen molar-refractivity contribution in [1.82, 2.24) is 4.90 Å². The fourth-order valence-electron chi connectivity index (χ4n) is 1.20. The minimum Gasteiger partial charge on any atom is -0.306 e. The minimum absolute atomic E-state index is 0.532. The molecule has 11 heavy (non-hydrogen) atoms. The van der Waals surface area contributed by atoms with Crippen LogP contribution in [0.4, 0.5) is 4.39 Å². The van der Waals surface area contributed by atoms with Crippen LogP contribution in [0.3, 0.4) is 0 Å². The van der Waals surface area contributed by atoms with Crippen molar-refractivity contribution in [2.75, 3.05) is 20.1 Å². The van der Waals surface area contributed by atoms with Gasteiger partial charge >= 0.3 is 0 Å². The Labute approximate surface area is 69.6 Å². The topological polar surface area (TPSA) is 3.24 Å². The van der Waals surface area contributed by atoms with E-state index in [4.69, 9.17) is 0 Å². The van der Waals surface area contributed by atoms with Gasteiger partial charge in [0.25, 0.3) is 0 Å². The van der Waals surface area contributed by atoms with Gasteiger partial charge in [0, 0.05) is 6.54 Å². The van der Waals surface area contributed by atoms with E-state index in [2.05, 4.69) is 11.9 Å². The van der Waals surface area contributed by atoms with Gasteiger partial charge in [-0.25, -0.2) is 4.39 Å². The van der Waals surface area contributed by atoms with Crippen LogP contribution < -0.4 is 0 Å². The van der Waals surface area contributed by atoms with E-state index in [-0.39, 0.29) is 0 Å². The maximum atomic E-state index is 12.6. The summed E-state index contributed by atoms with van der Waals surface area (Å²) in [5.74, 6) is 0. The first-order valence-corrected chi connectivity index (χ1v) is 4.61. The predicted molar refractivity (Wildman–Crippen MR) is 47.6 cm³/mol. The summed E-state index contributed by atoms with van der Waals surface area (Å²) >= 11 is 0. The Kier molecular flexibility index (Phi) is 6.52. The van der Waals surface area contributed by atoms with E-state index in [1.807, 2.05) is 13.8 Å². The van der Waals surface area contributed by atoms with Gasteiger partial charge < -0.3 is 4.90 Å². The zero-order chi connectivity index (χ0) is 8.69. The lowest BCUT2D eigenvalue weighted by atomic mass is 10.2. The molecule has 0 bridgehead atoms. The summed E-state index contributed by atoms with van der Waals surface area (Å²) in [6, 6.07) is 0. The molecule has 1 fully saturated rings. The van der Waals surface area contributed by atoms with Crippen molar-refractivity contribution >= 4 is 0 Å². The summed E-state index contributed by atoms with van der Waals surface area (Å²) in [6.45, 7) is 6.00. The van der Waals surface area contributed by atoms with Crippen LogP contribution in [0, 0.1) is 0 Å². The van der Waals surface area contributed by atoms with Crippen LogP contribution in [-0.4, -0.2) is 31.2 Å². The first-order valence-electron chi connectivity index (χ1n) is 4.61. The summed E-state index contributed by atoms with van der Waals surface area (Å²) < 4.78 is 12.6. The predicted octanol–water partition coefficient (Wildman–Crippen LogP) is 2.47. The van der Waals surface area contributed by atoms with Crippen molar-refractivity contribution in [2.45, 2.75) is 39.3 Å². The summed E-state index contributed by atoms with van der Waals surface area (Å²) in [7, 11) is 2.05. The van der Waals surface area contributed by atoms with Crippen LogP contribution in [0.15, 0.2) is 0 Å². The SMILES string of the molecule is CC.CN1CCCC(F)CC1. The number of nitrogens with zero attached hydrogens (tertiary/aromatic N) is 1. The van der Waals surface area contributed by atoms with Gasteiger partial charge in [-0.15, -0.1) is 0 Å². The highest BCUT2D eigenvalue weighted by Crippen LogP contribution is 2.11. The summed E-state index contributed by atoms with van der Waals surface area (Å²) in [6.07, 6.45) is 1.99. The van der Waals surface area contributed by atoms with E-state index in [0.717, 1.165) is 32.4 Å². The number of rotatable bonds is 0. The van der Waals surface area contributed by atoms with Crippen LogP contribution in [0.5, 0.6) is 0 Å². The molecule has 0 aromatic rings. The van der Waals surface area contributed by atoms with Crippen molar-refractivity contribution in [2.24, 2.45) is 0 Å². The Hall–Kier alpha value is -0.110. The standard InChI is InChI=1S/C7H14FN.C2H6/c1-9-5-2-3-7(8)4-6-9;1-2/h7H,2-6H2,1H3;1-2H3. The highest BCUT2D eigenvalue weighted by Gasteiger charge is 2.12. The van der Waals surface area contributed by atoms with Gasteiger partial charge in [0.1, 0.15) is 6.17 Å². The van der Waals surface area contributed by atoms with Crippen LogP contribution in [0.1, 0.15) is 33.1 Å². The average molecular weight is 161 g/mol. The molecule has 0 aromatic carbocycles. The molecule has 1 atom stereocenters. The molecule has 0 N–H and O–H groups in total. The molecule has 0 radical (unpaired) electrons. The normalized spacial score (nSPS) is 26.7. The van der Waals surface area contributed by atoms with Crippen LogP contribution in [0.2, 0.25) is 0 Å². The molecule has 0 spiro atoms. The summed E-state index contributed by atoms with van der Waals surface area (Å²) in [4.78, 5) is 2.19. The van der Waals surface area contributed by atoms with Gasteiger partial charge in [0.15, 0.2) is 0 Å². The smallest absolute Gasteiger partial charge is 0.101 e. The number of hydrogen-bond acceptors (Lipinski definition) is 1. The van der Waals surface area contributed by atoms with Gasteiger partial charge in [-0.05, 0) is 32.9 Å². The fraction of sp³-hybridized carbons (Fsp3) is 1.00. The molecule has 1 rings (SSSR count). The molecular weight excluding hydrogens is 141 g/mol. The molecule has 1 aliphatic rings. The van der Waals surface area contributed by atoms with E-state index >= 15 is 0 Å². The third kappa shape index (κ3) is 5.19. The zero-order valence-corrected chi connectivity index (χ0v) is 7.94. The Balaban J connectivity index is 0.000000461. The third-order valence-electron chi connectivity index (χ3n) is 1.88. The highest BCUT2D eigenvalue weighted by molar-refractivity contribution is 4.65. The maximum absolute atomic E-state index is 12.6. The number of likely N-dealkylation sites (tertiary alicyclic amines) is 1. The Bertz CT molecular complexity index is 75.6. The van der Waals surface area contributed by atoms with Crippen molar-refractivity contribution in [1.29, 1.82) is 0 Å². The molecule has 1 saturated heterocycles. The zero-order valence-electron chi connectivity index (χ0n) is 7.94. The van der Waals surface area contributed by atoms with E-state index < -0.39 is 6.17 Å². The van der Waals surface area contributed by atoms with Crippen LogP contribution in [-0.2, 0) is 0 Å². The van der Waals surface area contributed by atoms with E-state index in [9.17, 15) is 4.39 Å². The molecule has 2 heteroatoms. The largest absolute Gasteiger partial charge is 0.306 e. The lowest BCUT2D eigenvalue weighted by molar-refractivity contribution is 0.290. The monoisotopic (exact) mass is 161 g/mol. The van der Waals surface area contributed by atoms with Crippen molar-refractivity contribution in [3.63, 3.8) is 0 Å². The Morgan fingerprint density at radius 3 is 2.45 bits per heavy atom. The second-order valence-electron chi connectivity index (χ2n) is 2.83. The molecule has 1 heterocycles. The van der Waals surface area contributed by atoms with E-state index in [1.165, 1.54) is 0 Å². The highest BCUT2D eigenvalue weighted by atomic mass is 19.1. The minimum atomic E-state index is -0.532. The van der Waals surface area contributed by atoms with Crippen molar-refractivity contribution in [3.8, 4) is 0 Å².